The molecule has 0 bridgehead atoms. The summed E-state index contributed by atoms with van der Waals surface area (Å²) < 4.78 is 5.96. The zero-order valence-corrected chi connectivity index (χ0v) is 11.0. The molecule has 0 amide bonds. The lowest BCUT2D eigenvalue weighted by Gasteiger charge is -2.36. The average Bonchev–Trinajstić information content (AvgIpc) is 1.82. The van der Waals surface area contributed by atoms with Crippen molar-refractivity contribution in [2.45, 2.75) is 58.3 Å². The highest BCUT2D eigenvalue weighted by Gasteiger charge is 2.36. The maximum absolute atomic E-state index is 5.96. The zero-order chi connectivity index (χ0) is 10.7. The third kappa shape index (κ3) is 4.79. The molecule has 0 radical (unpaired) electrons. The van der Waals surface area contributed by atoms with Gasteiger partial charge in [0.2, 0.25) is 0 Å². The molecule has 2 nitrogen and oxygen atoms in total. The minimum Gasteiger partial charge on any atom is -0.417 e. The monoisotopic (exact) mass is 203 g/mol. The van der Waals surface area contributed by atoms with E-state index in [2.05, 4.69) is 33.9 Å². The Hall–Kier alpha value is 0.137. The topological polar surface area (TPSA) is 35.2 Å². The van der Waals surface area contributed by atoms with Crippen molar-refractivity contribution in [3.05, 3.63) is 0 Å². The largest absolute Gasteiger partial charge is 0.417 e. The Morgan fingerprint density at radius 1 is 1.31 bits per heavy atom. The molecule has 80 valence electrons. The van der Waals surface area contributed by atoms with Crippen LogP contribution in [0.15, 0.2) is 0 Å². The van der Waals surface area contributed by atoms with Crippen molar-refractivity contribution >= 4 is 8.32 Å². The Morgan fingerprint density at radius 3 is 2.08 bits per heavy atom. The molecule has 0 aromatic rings. The maximum atomic E-state index is 5.96. The van der Waals surface area contributed by atoms with E-state index in [-0.39, 0.29) is 6.04 Å². The van der Waals surface area contributed by atoms with Crippen LogP contribution in [-0.2, 0) is 4.43 Å². The van der Waals surface area contributed by atoms with E-state index in [4.69, 9.17) is 10.2 Å². The highest BCUT2D eigenvalue weighted by Crippen LogP contribution is 2.36. The van der Waals surface area contributed by atoms with E-state index < -0.39 is 8.32 Å². The van der Waals surface area contributed by atoms with Gasteiger partial charge in [-0.1, -0.05) is 20.8 Å². The molecular weight excluding hydrogens is 178 g/mol. The minimum atomic E-state index is -1.53. The fraction of sp³-hybridized carbons (Fsp3) is 1.00. The summed E-state index contributed by atoms with van der Waals surface area (Å²) in [6.07, 6.45) is 0.965. The van der Waals surface area contributed by atoms with Crippen molar-refractivity contribution < 1.29 is 4.43 Å². The van der Waals surface area contributed by atoms with Gasteiger partial charge < -0.3 is 10.2 Å². The maximum Gasteiger partial charge on any atom is 0.191 e. The van der Waals surface area contributed by atoms with E-state index in [1.54, 1.807) is 0 Å². The molecule has 13 heavy (non-hydrogen) atoms. The van der Waals surface area contributed by atoms with E-state index in [1.807, 2.05) is 6.92 Å². The molecule has 0 rings (SSSR count). The van der Waals surface area contributed by atoms with E-state index in [9.17, 15) is 0 Å². The van der Waals surface area contributed by atoms with Gasteiger partial charge in [-0.15, -0.1) is 0 Å². The Bertz CT molecular complexity index is 149. The highest BCUT2D eigenvalue weighted by molar-refractivity contribution is 6.74. The standard InChI is InChI=1S/C10H25NOSi/c1-9(11)7-8-12-13(5,6)10(2,3)4/h9H,7-8,11H2,1-6H3/t9-/m1/s1. The predicted molar refractivity (Wildman–Crippen MR) is 61.4 cm³/mol. The van der Waals surface area contributed by atoms with E-state index >= 15 is 0 Å². The first-order valence-electron chi connectivity index (χ1n) is 5.06. The summed E-state index contributed by atoms with van der Waals surface area (Å²) in [4.78, 5) is 0. The molecule has 2 N–H and O–H groups in total. The van der Waals surface area contributed by atoms with Crippen LogP contribution in [0.4, 0.5) is 0 Å². The normalized spacial score (nSPS) is 15.9. The van der Waals surface area contributed by atoms with Crippen LogP contribution in [-0.4, -0.2) is 21.0 Å². The Kier molecular flexibility index (Phi) is 4.62. The van der Waals surface area contributed by atoms with Crippen LogP contribution in [0.2, 0.25) is 18.1 Å². The first kappa shape index (κ1) is 13.1. The Balaban J connectivity index is 3.90. The summed E-state index contributed by atoms with van der Waals surface area (Å²) >= 11 is 0. The SMILES string of the molecule is C[C@@H](N)CCO[Si](C)(C)C(C)(C)C. The van der Waals surface area contributed by atoms with Crippen molar-refractivity contribution in [1.29, 1.82) is 0 Å². The molecule has 0 heterocycles. The third-order valence-electron chi connectivity index (χ3n) is 2.84. The van der Waals surface area contributed by atoms with Crippen molar-refractivity contribution in [3.63, 3.8) is 0 Å². The molecule has 0 unspecified atom stereocenters. The fourth-order valence-electron chi connectivity index (χ4n) is 0.716. The van der Waals surface area contributed by atoms with Crippen LogP contribution >= 0.6 is 0 Å². The van der Waals surface area contributed by atoms with Crippen LogP contribution in [0.3, 0.4) is 0 Å². The first-order chi connectivity index (χ1) is 5.67. The summed E-state index contributed by atoms with van der Waals surface area (Å²) in [5, 5.41) is 0.310. The number of rotatable bonds is 4. The summed E-state index contributed by atoms with van der Waals surface area (Å²) in [6.45, 7) is 14.1. The predicted octanol–water partition coefficient (Wildman–Crippen LogP) is 2.75. The van der Waals surface area contributed by atoms with Crippen LogP contribution < -0.4 is 5.73 Å². The molecule has 0 aromatic carbocycles. The molecule has 0 aliphatic heterocycles. The second kappa shape index (κ2) is 4.58. The van der Waals surface area contributed by atoms with E-state index in [0.29, 0.717) is 5.04 Å². The lowest BCUT2D eigenvalue weighted by Crippen LogP contribution is -2.41. The molecule has 0 saturated heterocycles. The molecule has 0 aliphatic carbocycles. The van der Waals surface area contributed by atoms with Crippen LogP contribution in [0, 0.1) is 0 Å². The van der Waals surface area contributed by atoms with Crippen molar-refractivity contribution in [2.24, 2.45) is 5.73 Å². The van der Waals surface area contributed by atoms with Crippen molar-refractivity contribution in [1.82, 2.24) is 0 Å². The van der Waals surface area contributed by atoms with Crippen LogP contribution in [0.25, 0.3) is 0 Å². The zero-order valence-electron chi connectivity index (χ0n) is 9.98. The molecule has 0 spiro atoms. The lowest BCUT2D eigenvalue weighted by molar-refractivity contribution is 0.274. The van der Waals surface area contributed by atoms with Crippen molar-refractivity contribution in [3.8, 4) is 0 Å². The lowest BCUT2D eigenvalue weighted by atomic mass is 10.2. The van der Waals surface area contributed by atoms with Gasteiger partial charge in [0.05, 0.1) is 0 Å². The molecule has 0 fully saturated rings. The minimum absolute atomic E-state index is 0.254. The molecule has 0 aromatic heterocycles. The molecule has 0 saturated carbocycles. The van der Waals surface area contributed by atoms with E-state index in [1.165, 1.54) is 0 Å². The smallest absolute Gasteiger partial charge is 0.191 e. The quantitative estimate of drug-likeness (QED) is 0.713. The Labute approximate surface area is 84.0 Å². The third-order valence-corrected chi connectivity index (χ3v) is 7.38. The highest BCUT2D eigenvalue weighted by atomic mass is 28.4. The van der Waals surface area contributed by atoms with Gasteiger partial charge in [0.1, 0.15) is 0 Å². The number of nitrogens with two attached hydrogens (primary N) is 1. The van der Waals surface area contributed by atoms with Crippen molar-refractivity contribution in [2.75, 3.05) is 6.61 Å². The average molecular weight is 203 g/mol. The Morgan fingerprint density at radius 2 is 1.77 bits per heavy atom. The summed E-state index contributed by atoms with van der Waals surface area (Å²) in [6, 6.07) is 0.254. The van der Waals surface area contributed by atoms with Crippen LogP contribution in [0.5, 0.6) is 0 Å². The van der Waals surface area contributed by atoms with Gasteiger partial charge >= 0.3 is 0 Å². The second-order valence-electron chi connectivity index (χ2n) is 5.37. The van der Waals surface area contributed by atoms with E-state index in [0.717, 1.165) is 13.0 Å². The second-order valence-corrected chi connectivity index (χ2v) is 10.2. The van der Waals surface area contributed by atoms with Gasteiger partial charge in [-0.3, -0.25) is 0 Å². The van der Waals surface area contributed by atoms with Gasteiger partial charge in [0.25, 0.3) is 0 Å². The van der Waals surface area contributed by atoms with Gasteiger partial charge in [-0.05, 0) is 31.5 Å². The first-order valence-corrected chi connectivity index (χ1v) is 7.97. The summed E-state index contributed by atoms with van der Waals surface area (Å²) in [7, 11) is -1.53. The number of hydrogen-bond donors (Lipinski definition) is 1. The van der Waals surface area contributed by atoms with Gasteiger partial charge in [0.15, 0.2) is 8.32 Å². The summed E-state index contributed by atoms with van der Waals surface area (Å²) in [5.74, 6) is 0. The fourth-order valence-corrected chi connectivity index (χ4v) is 1.78. The summed E-state index contributed by atoms with van der Waals surface area (Å²) in [5.41, 5.74) is 5.67. The molecule has 0 aliphatic rings. The molecule has 3 heteroatoms. The van der Waals surface area contributed by atoms with Gasteiger partial charge in [-0.25, -0.2) is 0 Å². The van der Waals surface area contributed by atoms with Crippen LogP contribution in [0.1, 0.15) is 34.1 Å². The van der Waals surface area contributed by atoms with Gasteiger partial charge in [0, 0.05) is 12.6 Å². The number of hydrogen-bond acceptors (Lipinski definition) is 2. The molecule has 1 atom stereocenters. The molecular formula is C10H25NOSi. The van der Waals surface area contributed by atoms with Gasteiger partial charge in [-0.2, -0.15) is 0 Å².